The second kappa shape index (κ2) is 10.8. The minimum absolute atomic E-state index is 0. The Morgan fingerprint density at radius 3 is 2.30 bits per heavy atom. The number of nitrogens with zero attached hydrogens (tertiary/aromatic N) is 1. The summed E-state index contributed by atoms with van der Waals surface area (Å²) >= 11 is 0. The van der Waals surface area contributed by atoms with Crippen molar-refractivity contribution < 1.29 is 9.53 Å². The van der Waals surface area contributed by atoms with Gasteiger partial charge in [-0.1, -0.05) is 12.1 Å². The fraction of sp³-hybridized carbons (Fsp3) is 0.562. The second-order valence-corrected chi connectivity index (χ2v) is 5.69. The molecular formula is C16H27Cl2N3O2. The number of hydrogen-bond acceptors (Lipinski definition) is 4. The molecule has 7 heteroatoms. The van der Waals surface area contributed by atoms with Gasteiger partial charge in [-0.15, -0.1) is 24.8 Å². The van der Waals surface area contributed by atoms with Gasteiger partial charge in [0, 0.05) is 38.3 Å². The van der Waals surface area contributed by atoms with Crippen molar-refractivity contribution in [3.8, 4) is 0 Å². The Bertz CT molecular complexity index is 461. The van der Waals surface area contributed by atoms with Gasteiger partial charge in [0.25, 0.3) is 5.91 Å². The Morgan fingerprint density at radius 2 is 1.78 bits per heavy atom. The molecule has 0 spiro atoms. The van der Waals surface area contributed by atoms with Gasteiger partial charge in [0.1, 0.15) is 0 Å². The minimum atomic E-state index is -0.0689. The van der Waals surface area contributed by atoms with Gasteiger partial charge in [0.15, 0.2) is 0 Å². The van der Waals surface area contributed by atoms with Gasteiger partial charge < -0.3 is 15.8 Å². The third-order valence-electron chi connectivity index (χ3n) is 3.55. The Hall–Kier alpha value is -0.850. The number of ether oxygens (including phenoxy) is 1. The van der Waals surface area contributed by atoms with E-state index in [1.165, 1.54) is 5.56 Å². The first-order chi connectivity index (χ1) is 10.1. The molecule has 1 heterocycles. The van der Waals surface area contributed by atoms with E-state index in [1.54, 1.807) is 0 Å². The van der Waals surface area contributed by atoms with Gasteiger partial charge in [0.05, 0.1) is 12.2 Å². The maximum absolute atomic E-state index is 11.8. The maximum atomic E-state index is 11.8. The molecule has 0 radical (unpaired) electrons. The van der Waals surface area contributed by atoms with E-state index in [9.17, 15) is 4.79 Å². The molecule has 2 atom stereocenters. The monoisotopic (exact) mass is 363 g/mol. The third kappa shape index (κ3) is 7.06. The van der Waals surface area contributed by atoms with E-state index in [0.717, 1.165) is 19.6 Å². The summed E-state index contributed by atoms with van der Waals surface area (Å²) in [6.07, 6.45) is 0.546. The largest absolute Gasteiger partial charge is 0.373 e. The Balaban J connectivity index is 0.00000242. The van der Waals surface area contributed by atoms with Crippen LogP contribution < -0.4 is 11.1 Å². The van der Waals surface area contributed by atoms with Gasteiger partial charge in [-0.3, -0.25) is 9.69 Å². The number of carbonyl (C=O) groups excluding carboxylic acids is 1. The molecule has 1 fully saturated rings. The predicted octanol–water partition coefficient (Wildman–Crippen LogP) is 1.83. The summed E-state index contributed by atoms with van der Waals surface area (Å²) in [5.41, 5.74) is 7.27. The van der Waals surface area contributed by atoms with Crippen molar-refractivity contribution in [1.82, 2.24) is 10.2 Å². The van der Waals surface area contributed by atoms with Crippen molar-refractivity contribution >= 4 is 30.7 Å². The quantitative estimate of drug-likeness (QED) is 0.837. The summed E-state index contributed by atoms with van der Waals surface area (Å²) in [6.45, 7) is 7.96. The Morgan fingerprint density at radius 1 is 1.22 bits per heavy atom. The van der Waals surface area contributed by atoms with Gasteiger partial charge in [0.2, 0.25) is 0 Å². The topological polar surface area (TPSA) is 67.6 Å². The van der Waals surface area contributed by atoms with Crippen LogP contribution in [0.1, 0.15) is 29.8 Å². The highest BCUT2D eigenvalue weighted by atomic mass is 35.5. The van der Waals surface area contributed by atoms with Crippen molar-refractivity contribution in [2.45, 2.75) is 32.6 Å². The lowest BCUT2D eigenvalue weighted by molar-refractivity contribution is -0.0704. The van der Waals surface area contributed by atoms with Crippen LogP contribution in [-0.4, -0.2) is 49.2 Å². The average molecular weight is 364 g/mol. The fourth-order valence-electron chi connectivity index (χ4n) is 2.72. The van der Waals surface area contributed by atoms with Crippen molar-refractivity contribution in [2.24, 2.45) is 5.73 Å². The van der Waals surface area contributed by atoms with Crippen molar-refractivity contribution in [3.63, 3.8) is 0 Å². The van der Waals surface area contributed by atoms with Crippen LogP contribution in [0, 0.1) is 0 Å². The average Bonchev–Trinajstić information content (AvgIpc) is 2.44. The molecule has 1 amide bonds. The zero-order valence-electron chi connectivity index (χ0n) is 13.7. The highest BCUT2D eigenvalue weighted by molar-refractivity contribution is 5.94. The summed E-state index contributed by atoms with van der Waals surface area (Å²) in [6, 6.07) is 7.77. The van der Waals surface area contributed by atoms with Crippen molar-refractivity contribution in [1.29, 1.82) is 0 Å². The van der Waals surface area contributed by atoms with E-state index in [2.05, 4.69) is 24.1 Å². The summed E-state index contributed by atoms with van der Waals surface area (Å²) in [5.74, 6) is -0.0689. The highest BCUT2D eigenvalue weighted by Crippen LogP contribution is 2.14. The second-order valence-electron chi connectivity index (χ2n) is 5.69. The molecular weight excluding hydrogens is 337 g/mol. The van der Waals surface area contributed by atoms with Gasteiger partial charge in [-0.2, -0.15) is 0 Å². The van der Waals surface area contributed by atoms with Crippen molar-refractivity contribution in [2.75, 3.05) is 26.2 Å². The number of halogens is 2. The summed E-state index contributed by atoms with van der Waals surface area (Å²) in [7, 11) is 0. The Labute approximate surface area is 150 Å². The van der Waals surface area contributed by atoms with Crippen molar-refractivity contribution in [3.05, 3.63) is 35.4 Å². The number of rotatable bonds is 5. The van der Waals surface area contributed by atoms with Crippen LogP contribution in [0.3, 0.4) is 0 Å². The standard InChI is InChI=1S/C16H25N3O2.2ClH/c1-12-9-19(10-13(2)21-12)11-14-3-5-15(6-4-14)16(20)18-8-7-17;;/h3-6,12-13H,7-11,17H2,1-2H3,(H,18,20);2*1H. The number of benzene rings is 1. The van der Waals surface area contributed by atoms with E-state index in [0.29, 0.717) is 18.7 Å². The highest BCUT2D eigenvalue weighted by Gasteiger charge is 2.21. The van der Waals surface area contributed by atoms with E-state index in [-0.39, 0.29) is 42.9 Å². The number of carbonyl (C=O) groups is 1. The summed E-state index contributed by atoms with van der Waals surface area (Å²) in [4.78, 5) is 14.2. The minimum Gasteiger partial charge on any atom is -0.373 e. The molecule has 1 aliphatic heterocycles. The van der Waals surface area contributed by atoms with E-state index in [1.807, 2.05) is 24.3 Å². The number of hydrogen-bond donors (Lipinski definition) is 2. The van der Waals surface area contributed by atoms with Crippen LogP contribution in [0.25, 0.3) is 0 Å². The third-order valence-corrected chi connectivity index (χ3v) is 3.55. The van der Waals surface area contributed by atoms with E-state index in [4.69, 9.17) is 10.5 Å². The molecule has 132 valence electrons. The van der Waals surface area contributed by atoms with Crippen LogP contribution in [0.4, 0.5) is 0 Å². The molecule has 3 N–H and O–H groups in total. The van der Waals surface area contributed by atoms with E-state index < -0.39 is 0 Å². The zero-order valence-corrected chi connectivity index (χ0v) is 15.3. The van der Waals surface area contributed by atoms with Crippen LogP contribution in [0.5, 0.6) is 0 Å². The molecule has 2 unspecified atom stereocenters. The smallest absolute Gasteiger partial charge is 0.251 e. The molecule has 0 bridgehead atoms. The maximum Gasteiger partial charge on any atom is 0.251 e. The molecule has 5 nitrogen and oxygen atoms in total. The van der Waals surface area contributed by atoms with Gasteiger partial charge >= 0.3 is 0 Å². The zero-order chi connectivity index (χ0) is 15.2. The molecule has 0 aromatic heterocycles. The summed E-state index contributed by atoms with van der Waals surface area (Å²) < 4.78 is 5.74. The normalized spacial score (nSPS) is 21.0. The van der Waals surface area contributed by atoms with Crippen LogP contribution in [0.15, 0.2) is 24.3 Å². The molecule has 1 aromatic carbocycles. The molecule has 1 aliphatic rings. The number of nitrogens with one attached hydrogen (secondary N) is 1. The molecule has 0 saturated carbocycles. The lowest BCUT2D eigenvalue weighted by atomic mass is 10.1. The first-order valence-electron chi connectivity index (χ1n) is 7.53. The molecule has 23 heavy (non-hydrogen) atoms. The lowest BCUT2D eigenvalue weighted by Gasteiger charge is -2.35. The lowest BCUT2D eigenvalue weighted by Crippen LogP contribution is -2.44. The predicted molar refractivity (Wildman–Crippen MR) is 97.6 cm³/mol. The van der Waals surface area contributed by atoms with Gasteiger partial charge in [-0.05, 0) is 31.5 Å². The first-order valence-corrected chi connectivity index (χ1v) is 7.53. The van der Waals surface area contributed by atoms with E-state index >= 15 is 0 Å². The molecule has 0 aliphatic carbocycles. The van der Waals surface area contributed by atoms with Crippen LogP contribution >= 0.6 is 24.8 Å². The number of nitrogens with two attached hydrogens (primary N) is 1. The molecule has 1 saturated heterocycles. The number of morpholine rings is 1. The Kier molecular flexibility index (Phi) is 10.4. The first kappa shape index (κ1) is 22.1. The van der Waals surface area contributed by atoms with Crippen LogP contribution in [-0.2, 0) is 11.3 Å². The van der Waals surface area contributed by atoms with Crippen LogP contribution in [0.2, 0.25) is 0 Å². The summed E-state index contributed by atoms with van der Waals surface area (Å²) in [5, 5.41) is 2.77. The molecule has 2 rings (SSSR count). The fourth-order valence-corrected chi connectivity index (χ4v) is 2.72. The number of amides is 1. The van der Waals surface area contributed by atoms with Gasteiger partial charge in [-0.25, -0.2) is 0 Å². The SMILES string of the molecule is CC1CN(Cc2ccc(C(=O)NCCN)cc2)CC(C)O1.Cl.Cl. The molecule has 1 aromatic rings.